The van der Waals surface area contributed by atoms with Gasteiger partial charge in [0.15, 0.2) is 11.5 Å². The van der Waals surface area contributed by atoms with Gasteiger partial charge in [-0.3, -0.25) is 13.9 Å². The summed E-state index contributed by atoms with van der Waals surface area (Å²) >= 11 is 0. The lowest BCUT2D eigenvalue weighted by atomic mass is 10.1. The number of methoxy groups -OCH3 is 3. The SMILES string of the molecule is CCOc1ccc(N(CC(=O)N(Cc2cccc(OC)c2)[C@H](CC)C(=O)NC(C)(C)C)S(=O)(=O)c2ccc(OC)c(OC)c2)cc1. The van der Waals surface area contributed by atoms with Crippen molar-refractivity contribution >= 4 is 27.5 Å². The van der Waals surface area contributed by atoms with E-state index >= 15 is 0 Å². The summed E-state index contributed by atoms with van der Waals surface area (Å²) in [6.07, 6.45) is 0.295. The lowest BCUT2D eigenvalue weighted by Gasteiger charge is -2.35. The molecule has 0 aliphatic heterocycles. The first kappa shape index (κ1) is 36.0. The minimum absolute atomic E-state index is 0.0413. The minimum Gasteiger partial charge on any atom is -0.497 e. The number of carbonyl (C=O) groups is 2. The second kappa shape index (κ2) is 15.7. The van der Waals surface area contributed by atoms with Crippen LogP contribution in [0.5, 0.6) is 23.0 Å². The van der Waals surface area contributed by atoms with E-state index in [0.717, 1.165) is 4.31 Å². The van der Waals surface area contributed by atoms with Crippen molar-refractivity contribution in [2.45, 2.75) is 64.1 Å². The summed E-state index contributed by atoms with van der Waals surface area (Å²) in [5, 5.41) is 2.97. The first-order valence-corrected chi connectivity index (χ1v) is 16.4. The van der Waals surface area contributed by atoms with Crippen LogP contribution >= 0.6 is 0 Å². The van der Waals surface area contributed by atoms with Gasteiger partial charge in [0.25, 0.3) is 10.0 Å². The fraction of sp³-hybridized carbons (Fsp3) is 0.412. The van der Waals surface area contributed by atoms with Gasteiger partial charge in [0.2, 0.25) is 11.8 Å². The van der Waals surface area contributed by atoms with Crippen LogP contribution in [0, 0.1) is 0 Å². The van der Waals surface area contributed by atoms with Crippen molar-refractivity contribution in [2.75, 3.05) is 38.8 Å². The van der Waals surface area contributed by atoms with Crippen LogP contribution in [0.25, 0.3) is 0 Å². The maximum Gasteiger partial charge on any atom is 0.264 e. The molecule has 3 aromatic rings. The van der Waals surface area contributed by atoms with Gasteiger partial charge in [0, 0.05) is 18.2 Å². The molecule has 1 N–H and O–H groups in total. The molecule has 2 amide bonds. The monoisotopic (exact) mass is 655 g/mol. The van der Waals surface area contributed by atoms with Gasteiger partial charge in [-0.15, -0.1) is 0 Å². The molecule has 0 aliphatic rings. The third-order valence-corrected chi connectivity index (χ3v) is 8.80. The number of carbonyl (C=O) groups excluding carboxylic acids is 2. The van der Waals surface area contributed by atoms with E-state index in [1.807, 2.05) is 40.7 Å². The van der Waals surface area contributed by atoms with E-state index in [4.69, 9.17) is 18.9 Å². The van der Waals surface area contributed by atoms with Gasteiger partial charge in [-0.25, -0.2) is 8.42 Å². The number of hydrogen-bond acceptors (Lipinski definition) is 8. The Kier molecular flexibility index (Phi) is 12.3. The molecule has 46 heavy (non-hydrogen) atoms. The van der Waals surface area contributed by atoms with Crippen molar-refractivity contribution < 1.29 is 37.0 Å². The number of benzene rings is 3. The molecule has 0 aliphatic carbocycles. The van der Waals surface area contributed by atoms with Crippen LogP contribution in [-0.4, -0.2) is 71.2 Å². The van der Waals surface area contributed by atoms with Gasteiger partial charge in [-0.05, 0) is 88.2 Å². The summed E-state index contributed by atoms with van der Waals surface area (Å²) in [5.74, 6) is 0.782. The van der Waals surface area contributed by atoms with Crippen molar-refractivity contribution in [1.29, 1.82) is 0 Å². The Morgan fingerprint density at radius 3 is 2.09 bits per heavy atom. The van der Waals surface area contributed by atoms with E-state index in [0.29, 0.717) is 35.8 Å². The van der Waals surface area contributed by atoms with Gasteiger partial charge in [0.05, 0.1) is 38.5 Å². The maximum absolute atomic E-state index is 14.4. The highest BCUT2D eigenvalue weighted by atomic mass is 32.2. The van der Waals surface area contributed by atoms with Crippen LogP contribution in [0.4, 0.5) is 5.69 Å². The van der Waals surface area contributed by atoms with Crippen LogP contribution in [-0.2, 0) is 26.2 Å². The molecule has 0 bridgehead atoms. The van der Waals surface area contributed by atoms with E-state index in [1.54, 1.807) is 49.6 Å². The first-order valence-electron chi connectivity index (χ1n) is 15.0. The highest BCUT2D eigenvalue weighted by Crippen LogP contribution is 2.33. The van der Waals surface area contributed by atoms with Crippen molar-refractivity contribution in [2.24, 2.45) is 0 Å². The number of anilines is 1. The third kappa shape index (κ3) is 9.06. The van der Waals surface area contributed by atoms with E-state index in [-0.39, 0.29) is 28.8 Å². The van der Waals surface area contributed by atoms with Crippen molar-refractivity contribution in [1.82, 2.24) is 10.2 Å². The zero-order valence-corrected chi connectivity index (χ0v) is 28.6. The Balaban J connectivity index is 2.13. The van der Waals surface area contributed by atoms with Crippen LogP contribution in [0.3, 0.4) is 0 Å². The smallest absolute Gasteiger partial charge is 0.264 e. The van der Waals surface area contributed by atoms with Gasteiger partial charge in [-0.1, -0.05) is 19.1 Å². The Bertz CT molecular complexity index is 1590. The van der Waals surface area contributed by atoms with E-state index in [1.165, 1.54) is 37.3 Å². The standard InChI is InChI=1S/C34H45N3O8S/c1-9-29(33(39)35-34(3,4)5)36(22-24-12-11-13-27(20-24)42-6)32(38)23-37(25-14-16-26(17-15-25)45-10-2)46(40,41)28-18-19-30(43-7)31(21-28)44-8/h11-21,29H,9-10,22-23H2,1-8H3,(H,35,39)/t29-/m1/s1. The summed E-state index contributed by atoms with van der Waals surface area (Å²) in [7, 11) is 0.0624. The molecule has 3 rings (SSSR count). The minimum atomic E-state index is -4.34. The van der Waals surface area contributed by atoms with Crippen LogP contribution in [0.1, 0.15) is 46.6 Å². The topological polar surface area (TPSA) is 124 Å². The van der Waals surface area contributed by atoms with Crippen LogP contribution < -0.4 is 28.6 Å². The average molecular weight is 656 g/mol. The molecule has 0 spiro atoms. The number of sulfonamides is 1. The van der Waals surface area contributed by atoms with Gasteiger partial charge in [0.1, 0.15) is 24.1 Å². The lowest BCUT2D eigenvalue weighted by Crippen LogP contribution is -2.55. The largest absolute Gasteiger partial charge is 0.497 e. The molecule has 3 aromatic carbocycles. The predicted octanol–water partition coefficient (Wildman–Crippen LogP) is 5.03. The molecule has 0 fully saturated rings. The normalized spacial score (nSPS) is 12.1. The summed E-state index contributed by atoms with van der Waals surface area (Å²) in [4.78, 5) is 29.2. The maximum atomic E-state index is 14.4. The molecule has 1 atom stereocenters. The van der Waals surface area contributed by atoms with Crippen molar-refractivity contribution in [3.8, 4) is 23.0 Å². The summed E-state index contributed by atoms with van der Waals surface area (Å²) < 4.78 is 51.2. The second-order valence-corrected chi connectivity index (χ2v) is 13.4. The predicted molar refractivity (Wildman–Crippen MR) is 177 cm³/mol. The number of ether oxygens (including phenoxy) is 4. The Hall–Kier alpha value is -4.45. The highest BCUT2D eigenvalue weighted by molar-refractivity contribution is 7.92. The van der Waals surface area contributed by atoms with E-state index < -0.39 is 34.1 Å². The summed E-state index contributed by atoms with van der Waals surface area (Å²) in [5.41, 5.74) is 0.394. The number of rotatable bonds is 15. The third-order valence-electron chi connectivity index (χ3n) is 7.03. The van der Waals surface area contributed by atoms with Crippen molar-refractivity contribution in [3.63, 3.8) is 0 Å². The van der Waals surface area contributed by atoms with Crippen LogP contribution in [0.2, 0.25) is 0 Å². The van der Waals surface area contributed by atoms with Gasteiger partial charge >= 0.3 is 0 Å². The molecule has 0 saturated heterocycles. The zero-order valence-electron chi connectivity index (χ0n) is 27.8. The number of amides is 2. The molecule has 0 radical (unpaired) electrons. The molecule has 250 valence electrons. The average Bonchev–Trinajstić information content (AvgIpc) is 3.02. The molecular weight excluding hydrogens is 610 g/mol. The molecule has 0 heterocycles. The fourth-order valence-electron chi connectivity index (χ4n) is 4.85. The molecule has 0 saturated carbocycles. The first-order chi connectivity index (χ1) is 21.8. The van der Waals surface area contributed by atoms with Crippen molar-refractivity contribution in [3.05, 3.63) is 72.3 Å². The van der Waals surface area contributed by atoms with E-state index in [2.05, 4.69) is 5.32 Å². The number of nitrogens with one attached hydrogen (secondary N) is 1. The second-order valence-electron chi connectivity index (χ2n) is 11.5. The molecular formula is C34H45N3O8S. The Labute approximate surface area is 272 Å². The number of hydrogen-bond donors (Lipinski definition) is 1. The van der Waals surface area contributed by atoms with Gasteiger partial charge < -0.3 is 29.2 Å². The molecule has 11 nitrogen and oxygen atoms in total. The van der Waals surface area contributed by atoms with Gasteiger partial charge in [-0.2, -0.15) is 0 Å². The number of nitrogens with zero attached hydrogens (tertiary/aromatic N) is 2. The zero-order chi connectivity index (χ0) is 34.1. The summed E-state index contributed by atoms with van der Waals surface area (Å²) in [6.45, 7) is 9.10. The molecule has 0 aromatic heterocycles. The Morgan fingerprint density at radius 2 is 1.52 bits per heavy atom. The lowest BCUT2D eigenvalue weighted by molar-refractivity contribution is -0.141. The quantitative estimate of drug-likeness (QED) is 0.242. The molecule has 0 unspecified atom stereocenters. The molecule has 12 heteroatoms. The van der Waals surface area contributed by atoms with Crippen LogP contribution in [0.15, 0.2) is 71.6 Å². The highest BCUT2D eigenvalue weighted by Gasteiger charge is 2.35. The fourth-order valence-corrected chi connectivity index (χ4v) is 6.28. The van der Waals surface area contributed by atoms with E-state index in [9.17, 15) is 18.0 Å². The Morgan fingerprint density at radius 1 is 0.848 bits per heavy atom. The summed E-state index contributed by atoms with van der Waals surface area (Å²) in [6, 6.07) is 16.9.